The summed E-state index contributed by atoms with van der Waals surface area (Å²) in [5.74, 6) is -0.171. The number of ether oxygens (including phenoxy) is 2. The molecule has 0 amide bonds. The SMILES string of the molecule is CC(C)(C)OC(=O)COc1c(Cl)cccc1Cl. The van der Waals surface area contributed by atoms with Crippen molar-refractivity contribution in [2.24, 2.45) is 0 Å². The van der Waals surface area contributed by atoms with Crippen molar-refractivity contribution in [3.63, 3.8) is 0 Å². The van der Waals surface area contributed by atoms with Gasteiger partial charge < -0.3 is 9.47 Å². The second-order valence-corrected chi connectivity index (χ2v) is 5.24. The fourth-order valence-electron chi connectivity index (χ4n) is 1.12. The smallest absolute Gasteiger partial charge is 0.344 e. The minimum atomic E-state index is -0.537. The first-order chi connectivity index (χ1) is 7.79. The van der Waals surface area contributed by atoms with Crippen LogP contribution in [-0.4, -0.2) is 18.2 Å². The van der Waals surface area contributed by atoms with Crippen LogP contribution < -0.4 is 4.74 Å². The molecule has 0 bridgehead atoms. The van der Waals surface area contributed by atoms with Crippen LogP contribution in [0.5, 0.6) is 5.75 Å². The minimum Gasteiger partial charge on any atom is -0.479 e. The lowest BCUT2D eigenvalue weighted by molar-refractivity contribution is -0.157. The van der Waals surface area contributed by atoms with Gasteiger partial charge in [-0.3, -0.25) is 0 Å². The van der Waals surface area contributed by atoms with Gasteiger partial charge in [0, 0.05) is 0 Å². The van der Waals surface area contributed by atoms with E-state index < -0.39 is 11.6 Å². The number of carbonyl (C=O) groups excluding carboxylic acids is 1. The number of carbonyl (C=O) groups is 1. The van der Waals surface area contributed by atoms with Gasteiger partial charge in [-0.15, -0.1) is 0 Å². The van der Waals surface area contributed by atoms with Crippen LogP contribution >= 0.6 is 23.2 Å². The molecule has 0 radical (unpaired) electrons. The van der Waals surface area contributed by atoms with E-state index in [2.05, 4.69) is 0 Å². The van der Waals surface area contributed by atoms with Gasteiger partial charge in [-0.05, 0) is 32.9 Å². The number of benzene rings is 1. The van der Waals surface area contributed by atoms with Gasteiger partial charge in [0.25, 0.3) is 0 Å². The molecular weight excluding hydrogens is 263 g/mol. The van der Waals surface area contributed by atoms with E-state index in [0.717, 1.165) is 0 Å². The molecule has 0 aliphatic rings. The van der Waals surface area contributed by atoms with Crippen LogP contribution in [0.3, 0.4) is 0 Å². The minimum absolute atomic E-state index is 0.222. The molecule has 1 rings (SSSR count). The van der Waals surface area contributed by atoms with Crippen LogP contribution in [-0.2, 0) is 9.53 Å². The number of esters is 1. The van der Waals surface area contributed by atoms with Gasteiger partial charge in [0.15, 0.2) is 12.4 Å². The van der Waals surface area contributed by atoms with Crippen molar-refractivity contribution < 1.29 is 14.3 Å². The predicted molar refractivity (Wildman–Crippen MR) is 67.8 cm³/mol. The molecule has 0 aliphatic heterocycles. The standard InChI is InChI=1S/C12H14Cl2O3/c1-12(2,3)17-10(15)7-16-11-8(13)5-4-6-9(11)14/h4-6H,7H2,1-3H3. The average molecular weight is 277 g/mol. The van der Waals surface area contributed by atoms with Crippen molar-refractivity contribution in [2.45, 2.75) is 26.4 Å². The van der Waals surface area contributed by atoms with E-state index in [1.165, 1.54) is 0 Å². The van der Waals surface area contributed by atoms with Crippen molar-refractivity contribution in [1.82, 2.24) is 0 Å². The summed E-state index contributed by atoms with van der Waals surface area (Å²) in [5.41, 5.74) is -0.537. The van der Waals surface area contributed by atoms with Gasteiger partial charge in [0.2, 0.25) is 0 Å². The monoisotopic (exact) mass is 276 g/mol. The summed E-state index contributed by atoms with van der Waals surface area (Å²) in [6.07, 6.45) is 0. The molecular formula is C12H14Cl2O3. The second-order valence-electron chi connectivity index (χ2n) is 4.43. The molecule has 94 valence electrons. The molecule has 0 aromatic heterocycles. The summed E-state index contributed by atoms with van der Waals surface area (Å²) >= 11 is 11.8. The number of rotatable bonds is 3. The lowest BCUT2D eigenvalue weighted by Crippen LogP contribution is -2.27. The van der Waals surface area contributed by atoms with E-state index in [1.54, 1.807) is 39.0 Å². The number of halogens is 2. The van der Waals surface area contributed by atoms with Crippen molar-refractivity contribution in [3.05, 3.63) is 28.2 Å². The molecule has 5 heteroatoms. The number of para-hydroxylation sites is 1. The van der Waals surface area contributed by atoms with Gasteiger partial charge in [0.1, 0.15) is 5.60 Å². The first-order valence-corrected chi connectivity index (χ1v) is 5.84. The lowest BCUT2D eigenvalue weighted by atomic mass is 10.2. The molecule has 0 aliphatic carbocycles. The highest BCUT2D eigenvalue weighted by atomic mass is 35.5. The van der Waals surface area contributed by atoms with E-state index in [0.29, 0.717) is 15.8 Å². The Hall–Kier alpha value is -0.930. The van der Waals surface area contributed by atoms with E-state index >= 15 is 0 Å². The largest absolute Gasteiger partial charge is 0.479 e. The fraction of sp³-hybridized carbons (Fsp3) is 0.417. The highest BCUT2D eigenvalue weighted by Gasteiger charge is 2.17. The predicted octanol–water partition coefficient (Wildman–Crippen LogP) is 3.71. The Balaban J connectivity index is 2.59. The molecule has 0 atom stereocenters. The van der Waals surface area contributed by atoms with Crippen LogP contribution in [0.25, 0.3) is 0 Å². The van der Waals surface area contributed by atoms with Gasteiger partial charge in [-0.1, -0.05) is 29.3 Å². The Kier molecular flexibility index (Phi) is 4.66. The van der Waals surface area contributed by atoms with Crippen LogP contribution in [0.4, 0.5) is 0 Å². The summed E-state index contributed by atoms with van der Waals surface area (Å²) in [6.45, 7) is 5.13. The average Bonchev–Trinajstić information content (AvgIpc) is 2.14. The maximum Gasteiger partial charge on any atom is 0.344 e. The molecule has 0 heterocycles. The highest BCUT2D eigenvalue weighted by molar-refractivity contribution is 6.37. The normalized spacial score (nSPS) is 11.1. The maximum absolute atomic E-state index is 11.4. The van der Waals surface area contributed by atoms with E-state index in [-0.39, 0.29) is 6.61 Å². The van der Waals surface area contributed by atoms with E-state index in [1.807, 2.05) is 0 Å². The van der Waals surface area contributed by atoms with Gasteiger partial charge in [-0.25, -0.2) is 4.79 Å². The molecule has 0 saturated carbocycles. The summed E-state index contributed by atoms with van der Waals surface area (Å²) < 4.78 is 10.3. The van der Waals surface area contributed by atoms with Gasteiger partial charge in [0.05, 0.1) is 10.0 Å². The number of hydrogen-bond donors (Lipinski definition) is 0. The molecule has 1 aromatic carbocycles. The Morgan fingerprint density at radius 2 is 1.76 bits per heavy atom. The van der Waals surface area contributed by atoms with Crippen molar-refractivity contribution in [2.75, 3.05) is 6.61 Å². The number of hydrogen-bond acceptors (Lipinski definition) is 3. The highest BCUT2D eigenvalue weighted by Crippen LogP contribution is 2.32. The van der Waals surface area contributed by atoms with Crippen molar-refractivity contribution in [1.29, 1.82) is 0 Å². The zero-order valence-corrected chi connectivity index (χ0v) is 11.4. The Morgan fingerprint density at radius 1 is 1.24 bits per heavy atom. The Bertz CT molecular complexity index is 390. The summed E-state index contributed by atoms with van der Waals surface area (Å²) in [7, 11) is 0. The van der Waals surface area contributed by atoms with Crippen molar-refractivity contribution >= 4 is 29.2 Å². The van der Waals surface area contributed by atoms with Crippen LogP contribution in [0.1, 0.15) is 20.8 Å². The molecule has 17 heavy (non-hydrogen) atoms. The zero-order chi connectivity index (χ0) is 13.1. The topological polar surface area (TPSA) is 35.5 Å². The van der Waals surface area contributed by atoms with Gasteiger partial charge >= 0.3 is 5.97 Å². The Labute approximate surface area is 111 Å². The van der Waals surface area contributed by atoms with Crippen LogP contribution in [0.15, 0.2) is 18.2 Å². The van der Waals surface area contributed by atoms with Crippen molar-refractivity contribution in [3.8, 4) is 5.75 Å². The summed E-state index contributed by atoms with van der Waals surface area (Å²) in [6, 6.07) is 4.97. The Morgan fingerprint density at radius 3 is 2.24 bits per heavy atom. The first kappa shape index (κ1) is 14.1. The molecule has 1 aromatic rings. The van der Waals surface area contributed by atoms with Gasteiger partial charge in [-0.2, -0.15) is 0 Å². The fourth-order valence-corrected chi connectivity index (χ4v) is 1.63. The summed E-state index contributed by atoms with van der Waals surface area (Å²) in [4.78, 5) is 11.4. The molecule has 3 nitrogen and oxygen atoms in total. The second kappa shape index (κ2) is 5.61. The molecule has 0 fully saturated rings. The first-order valence-electron chi connectivity index (χ1n) is 5.08. The molecule has 0 saturated heterocycles. The molecule has 0 unspecified atom stereocenters. The zero-order valence-electron chi connectivity index (χ0n) is 9.92. The molecule has 0 spiro atoms. The van der Waals surface area contributed by atoms with E-state index in [9.17, 15) is 4.79 Å². The van der Waals surface area contributed by atoms with Crippen LogP contribution in [0, 0.1) is 0 Å². The third-order valence-electron chi connectivity index (χ3n) is 1.67. The molecule has 0 N–H and O–H groups in total. The lowest BCUT2D eigenvalue weighted by Gasteiger charge is -2.19. The maximum atomic E-state index is 11.4. The van der Waals surface area contributed by atoms with E-state index in [4.69, 9.17) is 32.7 Å². The third kappa shape index (κ3) is 4.84. The quantitative estimate of drug-likeness (QED) is 0.790. The summed E-state index contributed by atoms with van der Waals surface area (Å²) in [5, 5.41) is 0.724. The third-order valence-corrected chi connectivity index (χ3v) is 2.27. The van der Waals surface area contributed by atoms with Crippen LogP contribution in [0.2, 0.25) is 10.0 Å².